The fourth-order valence-corrected chi connectivity index (χ4v) is 10.4. The maximum atomic E-state index is 5.85. The summed E-state index contributed by atoms with van der Waals surface area (Å²) in [4.78, 5) is 4.77. The molecule has 0 amide bonds. The monoisotopic (exact) mass is 739 g/mol. The van der Waals surface area contributed by atoms with Crippen LogP contribution < -0.4 is 11.1 Å². The molecule has 1 atom stereocenters. The van der Waals surface area contributed by atoms with Gasteiger partial charge in [-0.2, -0.15) is 0 Å². The maximum Gasteiger partial charge on any atom is 0.0946 e. The number of pyridine rings is 1. The highest BCUT2D eigenvalue weighted by Gasteiger charge is 2.27. The number of nitrogens with two attached hydrogens (primary N) is 1. The molecular weight excluding hydrogens is 703 g/mol. The quantitative estimate of drug-likeness (QED) is 0.136. The van der Waals surface area contributed by atoms with Crippen LogP contribution in [0.2, 0.25) is 0 Å². The average Bonchev–Trinajstić information content (AvgIpc) is 3.77. The largest absolute Gasteiger partial charge is 0.405 e. The fourth-order valence-electron chi connectivity index (χ4n) is 10.4. The highest BCUT2D eigenvalue weighted by Crippen LogP contribution is 2.51. The lowest BCUT2D eigenvalue weighted by atomic mass is 9.89. The minimum absolute atomic E-state index is 0.0283. The van der Waals surface area contributed by atoms with Gasteiger partial charge in [0.05, 0.1) is 11.7 Å². The van der Waals surface area contributed by atoms with Crippen molar-refractivity contribution in [3.05, 3.63) is 198 Å². The normalized spacial score (nSPS) is 15.9. The van der Waals surface area contributed by atoms with E-state index in [0.29, 0.717) is 0 Å². The number of fused-ring (bicyclic) bond motifs is 13. The van der Waals surface area contributed by atoms with E-state index in [1.165, 1.54) is 114 Å². The standard InChI is InChI=1S/C55H37N3/c1-3-11-31(2)49-37-14-5-4-13-35(37)38(15-6-7-26-56)52-47-30-45-40-17-8-16-39-43-28-34(48-25-23-33-21-20-32-12-10-27-57-54(32)55(33)58-48)22-24-36(43)46(50(39)40)29-44(45)41-18-9-19-42(51(41)47)53(49)52/h3-30,55,58H,1,56H2,2H3/b15-6+,26-7-,31-11+. The van der Waals surface area contributed by atoms with Gasteiger partial charge < -0.3 is 11.1 Å². The molecule has 3 N–H and O–H groups in total. The van der Waals surface area contributed by atoms with Gasteiger partial charge in [-0.05, 0) is 169 Å². The van der Waals surface area contributed by atoms with Gasteiger partial charge in [-0.25, -0.2) is 0 Å². The molecule has 3 heteroatoms. The summed E-state index contributed by atoms with van der Waals surface area (Å²) in [5.74, 6) is 0. The van der Waals surface area contributed by atoms with E-state index in [-0.39, 0.29) is 6.04 Å². The van der Waals surface area contributed by atoms with Crippen LogP contribution in [-0.2, 0) is 0 Å². The van der Waals surface area contributed by atoms with Crippen LogP contribution in [0.3, 0.4) is 0 Å². The number of nitrogens with zero attached hydrogens (tertiary/aromatic N) is 1. The zero-order valence-electron chi connectivity index (χ0n) is 32.0. The summed E-state index contributed by atoms with van der Waals surface area (Å²) < 4.78 is 0. The topological polar surface area (TPSA) is 50.9 Å². The third-order valence-corrected chi connectivity index (χ3v) is 12.7. The molecule has 2 aliphatic rings. The molecular formula is C55H37N3. The highest BCUT2D eigenvalue weighted by molar-refractivity contribution is 6.43. The third-order valence-electron chi connectivity index (χ3n) is 12.7. The molecule has 1 unspecified atom stereocenters. The summed E-state index contributed by atoms with van der Waals surface area (Å²) in [5, 5.41) is 24.3. The maximum absolute atomic E-state index is 5.85. The Balaban J connectivity index is 1.15. The first-order valence-corrected chi connectivity index (χ1v) is 20.0. The number of hydrogen-bond donors (Lipinski definition) is 2. The Hall–Kier alpha value is -7.49. The van der Waals surface area contributed by atoms with E-state index >= 15 is 0 Å². The molecule has 0 radical (unpaired) electrons. The lowest BCUT2D eigenvalue weighted by Crippen LogP contribution is -2.26. The van der Waals surface area contributed by atoms with Crippen LogP contribution >= 0.6 is 0 Å². The second-order valence-corrected chi connectivity index (χ2v) is 15.7. The van der Waals surface area contributed by atoms with Crippen LogP contribution in [0.25, 0.3) is 110 Å². The van der Waals surface area contributed by atoms with Crippen LogP contribution in [0.4, 0.5) is 0 Å². The van der Waals surface area contributed by atoms with Crippen molar-refractivity contribution in [3.8, 4) is 0 Å². The van der Waals surface area contributed by atoms with E-state index in [9.17, 15) is 0 Å². The van der Waals surface area contributed by atoms with Crippen LogP contribution in [0.1, 0.15) is 40.9 Å². The number of allylic oxidation sites excluding steroid dienone is 7. The number of nitrogens with one attached hydrogen (secondary N) is 1. The van der Waals surface area contributed by atoms with Gasteiger partial charge in [-0.15, -0.1) is 0 Å². The Labute approximate surface area is 335 Å². The van der Waals surface area contributed by atoms with Crippen LogP contribution in [-0.4, -0.2) is 4.98 Å². The van der Waals surface area contributed by atoms with E-state index in [2.05, 4.69) is 158 Å². The zero-order valence-corrected chi connectivity index (χ0v) is 32.0. The summed E-state index contributed by atoms with van der Waals surface area (Å²) in [6.07, 6.45) is 22.5. The van der Waals surface area contributed by atoms with Gasteiger partial charge in [0.25, 0.3) is 0 Å². The molecule has 2 heterocycles. The molecule has 1 aromatic heterocycles. The summed E-state index contributed by atoms with van der Waals surface area (Å²) in [7, 11) is 0. The number of benzene rings is 7. The van der Waals surface area contributed by atoms with Crippen molar-refractivity contribution < 1.29 is 0 Å². The summed E-state index contributed by atoms with van der Waals surface area (Å²) in [6, 6.07) is 38.7. The highest BCUT2D eigenvalue weighted by atomic mass is 15.0. The molecule has 1 aliphatic heterocycles. The Morgan fingerprint density at radius 1 is 0.638 bits per heavy atom. The first-order chi connectivity index (χ1) is 28.6. The van der Waals surface area contributed by atoms with Crippen molar-refractivity contribution in [2.45, 2.75) is 13.0 Å². The molecule has 9 aromatic carbocycles. The summed E-state index contributed by atoms with van der Waals surface area (Å²) in [5.41, 5.74) is 15.3. The van der Waals surface area contributed by atoms with E-state index in [4.69, 9.17) is 10.7 Å². The second-order valence-electron chi connectivity index (χ2n) is 15.7. The molecule has 1 aliphatic carbocycles. The second kappa shape index (κ2) is 12.3. The van der Waals surface area contributed by atoms with Crippen LogP contribution in [0.5, 0.6) is 0 Å². The van der Waals surface area contributed by atoms with Crippen molar-refractivity contribution in [2.24, 2.45) is 5.73 Å². The number of rotatable bonds is 5. The van der Waals surface area contributed by atoms with Crippen LogP contribution in [0.15, 0.2) is 170 Å². The molecule has 272 valence electrons. The molecule has 10 aromatic rings. The lowest BCUT2D eigenvalue weighted by molar-refractivity contribution is 0.704. The molecule has 0 spiro atoms. The fraction of sp³-hybridized carbons (Fsp3) is 0.0364. The van der Waals surface area contributed by atoms with Crippen molar-refractivity contribution in [1.29, 1.82) is 0 Å². The molecule has 0 saturated heterocycles. The van der Waals surface area contributed by atoms with E-state index < -0.39 is 0 Å². The molecule has 12 rings (SSSR count). The van der Waals surface area contributed by atoms with E-state index in [1.807, 2.05) is 24.4 Å². The molecule has 0 bridgehead atoms. The van der Waals surface area contributed by atoms with Gasteiger partial charge in [0.1, 0.15) is 0 Å². The summed E-state index contributed by atoms with van der Waals surface area (Å²) >= 11 is 0. The molecule has 58 heavy (non-hydrogen) atoms. The lowest BCUT2D eigenvalue weighted by Gasteiger charge is -2.29. The smallest absolute Gasteiger partial charge is 0.0946 e. The third kappa shape index (κ3) is 4.41. The molecule has 0 saturated carbocycles. The number of hydrogen-bond acceptors (Lipinski definition) is 3. The Bertz CT molecular complexity index is 3630. The molecule has 0 fully saturated rings. The average molecular weight is 740 g/mol. The van der Waals surface area contributed by atoms with Gasteiger partial charge in [0.2, 0.25) is 0 Å². The summed E-state index contributed by atoms with van der Waals surface area (Å²) in [6.45, 7) is 6.29. The van der Waals surface area contributed by atoms with Crippen molar-refractivity contribution >= 4 is 110 Å². The van der Waals surface area contributed by atoms with Gasteiger partial charge in [0.15, 0.2) is 0 Å². The van der Waals surface area contributed by atoms with E-state index in [0.717, 1.165) is 17.0 Å². The first-order valence-electron chi connectivity index (χ1n) is 20.0. The Morgan fingerprint density at radius 2 is 1.36 bits per heavy atom. The predicted molar refractivity (Wildman–Crippen MR) is 250 cm³/mol. The minimum atomic E-state index is 0.0283. The van der Waals surface area contributed by atoms with Crippen molar-refractivity contribution in [1.82, 2.24) is 10.3 Å². The SMILES string of the molecule is C=C/C=C(\C)c1c2ccccc2c(/C=C/C=C\N)c2c3cc4c(cc5c6ccc(C7=CC=C8C=Cc9cccnc9C8N7)cc6c6cccc4c65)c4cccc(c12)c43. The van der Waals surface area contributed by atoms with Gasteiger partial charge in [-0.1, -0.05) is 128 Å². The number of aromatic nitrogens is 1. The Morgan fingerprint density at radius 3 is 2.16 bits per heavy atom. The predicted octanol–water partition coefficient (Wildman–Crippen LogP) is 13.9. The van der Waals surface area contributed by atoms with Crippen molar-refractivity contribution in [3.63, 3.8) is 0 Å². The minimum Gasteiger partial charge on any atom is -0.405 e. The Kier molecular flexibility index (Phi) is 6.91. The van der Waals surface area contributed by atoms with Gasteiger partial charge >= 0.3 is 0 Å². The zero-order chi connectivity index (χ0) is 38.6. The van der Waals surface area contributed by atoms with Crippen molar-refractivity contribution in [2.75, 3.05) is 0 Å². The number of dihydropyridines is 1. The molecule has 3 nitrogen and oxygen atoms in total. The van der Waals surface area contributed by atoms with Crippen LogP contribution in [0, 0.1) is 0 Å². The van der Waals surface area contributed by atoms with Gasteiger partial charge in [0, 0.05) is 11.9 Å². The van der Waals surface area contributed by atoms with E-state index in [1.54, 1.807) is 6.20 Å². The van der Waals surface area contributed by atoms with Gasteiger partial charge in [-0.3, -0.25) is 4.98 Å². The first kappa shape index (κ1) is 32.7.